The van der Waals surface area contributed by atoms with Gasteiger partial charge in [0.1, 0.15) is 11.5 Å². The van der Waals surface area contributed by atoms with Gasteiger partial charge in [-0.05, 0) is 53.6 Å². The van der Waals surface area contributed by atoms with E-state index < -0.39 is 9.84 Å². The molecular formula is C22H18O5S. The van der Waals surface area contributed by atoms with Gasteiger partial charge in [-0.3, -0.25) is 4.79 Å². The summed E-state index contributed by atoms with van der Waals surface area (Å²) < 4.78 is 25.1. The number of hydrogen-bond acceptors (Lipinski definition) is 5. The maximum Gasteiger partial charge on any atom is 0.185 e. The van der Waals surface area contributed by atoms with Crippen LogP contribution >= 0.6 is 0 Å². The van der Waals surface area contributed by atoms with Crippen LogP contribution in [0.4, 0.5) is 0 Å². The van der Waals surface area contributed by atoms with Crippen LogP contribution in [0, 0.1) is 0 Å². The lowest BCUT2D eigenvalue weighted by atomic mass is 10.1. The molecule has 3 rings (SSSR count). The van der Waals surface area contributed by atoms with Crippen molar-refractivity contribution in [1.82, 2.24) is 0 Å². The number of benzene rings is 3. The molecule has 0 saturated heterocycles. The summed E-state index contributed by atoms with van der Waals surface area (Å²) in [5, 5.41) is 18.8. The van der Waals surface area contributed by atoms with Crippen molar-refractivity contribution >= 4 is 21.7 Å². The largest absolute Gasteiger partial charge is 0.508 e. The summed E-state index contributed by atoms with van der Waals surface area (Å²) in [6.07, 6.45) is 3.02. The highest BCUT2D eigenvalue weighted by Gasteiger charge is 2.16. The first-order chi connectivity index (χ1) is 13.3. The fourth-order valence-corrected chi connectivity index (χ4v) is 4.02. The predicted molar refractivity (Wildman–Crippen MR) is 107 cm³/mol. The number of sulfone groups is 1. The van der Waals surface area contributed by atoms with Gasteiger partial charge in [-0.1, -0.05) is 42.5 Å². The standard InChI is InChI=1S/C22H18O5S/c23-19-10-7-16(8-11-19)9-12-22(25)18-4-1-3-17(13-18)15-28(26,27)21-6-2-5-20(24)14-21/h1-14,23-24H,15H2/b12-9+. The highest BCUT2D eigenvalue weighted by atomic mass is 32.2. The topological polar surface area (TPSA) is 91.7 Å². The average Bonchev–Trinajstić information content (AvgIpc) is 2.67. The first-order valence-corrected chi connectivity index (χ1v) is 10.1. The van der Waals surface area contributed by atoms with Gasteiger partial charge in [0.2, 0.25) is 0 Å². The molecule has 0 radical (unpaired) electrons. The SMILES string of the molecule is O=C(/C=C/c1ccc(O)cc1)c1cccc(CS(=O)(=O)c2cccc(O)c2)c1. The van der Waals surface area contributed by atoms with Crippen molar-refractivity contribution in [2.24, 2.45) is 0 Å². The highest BCUT2D eigenvalue weighted by molar-refractivity contribution is 7.90. The summed E-state index contributed by atoms with van der Waals surface area (Å²) in [7, 11) is -3.65. The number of carbonyl (C=O) groups is 1. The van der Waals surface area contributed by atoms with Crippen LogP contribution < -0.4 is 0 Å². The summed E-state index contributed by atoms with van der Waals surface area (Å²) >= 11 is 0. The molecule has 3 aromatic rings. The molecule has 3 aromatic carbocycles. The fourth-order valence-electron chi connectivity index (χ4n) is 2.65. The molecule has 0 unspecified atom stereocenters. The smallest absolute Gasteiger partial charge is 0.185 e. The molecule has 0 aliphatic carbocycles. The third-order valence-electron chi connectivity index (χ3n) is 4.07. The molecule has 2 N–H and O–H groups in total. The Labute approximate surface area is 163 Å². The van der Waals surface area contributed by atoms with Crippen molar-refractivity contribution in [3.8, 4) is 11.5 Å². The van der Waals surface area contributed by atoms with Crippen LogP contribution in [0.15, 0.2) is 83.8 Å². The molecule has 0 amide bonds. The third-order valence-corrected chi connectivity index (χ3v) is 5.75. The van der Waals surface area contributed by atoms with Crippen molar-refractivity contribution in [1.29, 1.82) is 0 Å². The van der Waals surface area contributed by atoms with Crippen molar-refractivity contribution in [3.05, 3.63) is 95.6 Å². The van der Waals surface area contributed by atoms with Gasteiger partial charge in [0.15, 0.2) is 15.6 Å². The van der Waals surface area contributed by atoms with Crippen LogP contribution in [0.2, 0.25) is 0 Å². The first-order valence-electron chi connectivity index (χ1n) is 8.46. The van der Waals surface area contributed by atoms with E-state index in [4.69, 9.17) is 0 Å². The zero-order chi connectivity index (χ0) is 20.1. The molecule has 5 nitrogen and oxygen atoms in total. The Morgan fingerprint density at radius 1 is 0.857 bits per heavy atom. The Bertz CT molecular complexity index is 1130. The van der Waals surface area contributed by atoms with Crippen molar-refractivity contribution in [3.63, 3.8) is 0 Å². The number of aromatic hydroxyl groups is 2. The molecule has 0 saturated carbocycles. The van der Waals surface area contributed by atoms with Gasteiger partial charge in [0.05, 0.1) is 10.6 Å². The minimum absolute atomic E-state index is 0.0245. The highest BCUT2D eigenvalue weighted by Crippen LogP contribution is 2.21. The molecule has 0 heterocycles. The van der Waals surface area contributed by atoms with Crippen LogP contribution in [-0.4, -0.2) is 24.4 Å². The monoisotopic (exact) mass is 394 g/mol. The Morgan fingerprint density at radius 2 is 1.57 bits per heavy atom. The number of phenols is 2. The zero-order valence-corrected chi connectivity index (χ0v) is 15.6. The number of rotatable bonds is 6. The summed E-state index contributed by atoms with van der Waals surface area (Å²) in [6, 6.07) is 18.3. The van der Waals surface area contributed by atoms with E-state index in [1.165, 1.54) is 42.5 Å². The van der Waals surface area contributed by atoms with Crippen molar-refractivity contribution in [2.45, 2.75) is 10.6 Å². The normalized spacial score (nSPS) is 11.6. The minimum Gasteiger partial charge on any atom is -0.508 e. The van der Waals surface area contributed by atoms with Crippen LogP contribution in [0.1, 0.15) is 21.5 Å². The molecule has 28 heavy (non-hydrogen) atoms. The number of allylic oxidation sites excluding steroid dienone is 1. The molecule has 0 fully saturated rings. The molecule has 142 valence electrons. The van der Waals surface area contributed by atoms with Gasteiger partial charge in [-0.2, -0.15) is 0 Å². The number of hydrogen-bond donors (Lipinski definition) is 2. The lowest BCUT2D eigenvalue weighted by Gasteiger charge is -2.06. The van der Waals surface area contributed by atoms with E-state index in [9.17, 15) is 23.4 Å². The van der Waals surface area contributed by atoms with Gasteiger partial charge in [-0.15, -0.1) is 0 Å². The van der Waals surface area contributed by atoms with E-state index in [-0.39, 0.29) is 27.9 Å². The fraction of sp³-hybridized carbons (Fsp3) is 0.0455. The van der Waals surface area contributed by atoms with E-state index in [0.29, 0.717) is 11.1 Å². The lowest BCUT2D eigenvalue weighted by Crippen LogP contribution is -2.06. The van der Waals surface area contributed by atoms with E-state index in [0.717, 1.165) is 5.56 Å². The second kappa shape index (κ2) is 8.10. The second-order valence-electron chi connectivity index (χ2n) is 6.25. The van der Waals surface area contributed by atoms with Gasteiger partial charge in [0.25, 0.3) is 0 Å². The van der Waals surface area contributed by atoms with Gasteiger partial charge in [0, 0.05) is 5.56 Å². The maximum atomic E-state index is 12.5. The second-order valence-corrected chi connectivity index (χ2v) is 8.24. The number of ketones is 1. The average molecular weight is 394 g/mol. The Balaban J connectivity index is 1.78. The van der Waals surface area contributed by atoms with Gasteiger partial charge in [-0.25, -0.2) is 8.42 Å². The predicted octanol–water partition coefficient (Wildman–Crippen LogP) is 3.97. The maximum absolute atomic E-state index is 12.5. The van der Waals surface area contributed by atoms with Crippen LogP contribution in [0.3, 0.4) is 0 Å². The third kappa shape index (κ3) is 4.86. The summed E-state index contributed by atoms with van der Waals surface area (Å²) in [5.41, 5.74) is 1.61. The van der Waals surface area contributed by atoms with E-state index in [1.54, 1.807) is 42.5 Å². The molecule has 0 aliphatic heterocycles. The van der Waals surface area contributed by atoms with E-state index >= 15 is 0 Å². The Kier molecular flexibility index (Phi) is 5.61. The van der Waals surface area contributed by atoms with E-state index in [2.05, 4.69) is 0 Å². The number of phenolic OH excluding ortho intramolecular Hbond substituents is 2. The van der Waals surface area contributed by atoms with E-state index in [1.807, 2.05) is 0 Å². The summed E-state index contributed by atoms with van der Waals surface area (Å²) in [6.45, 7) is 0. The summed E-state index contributed by atoms with van der Waals surface area (Å²) in [5.74, 6) is -0.516. The van der Waals surface area contributed by atoms with Crippen LogP contribution in [-0.2, 0) is 15.6 Å². The minimum atomic E-state index is -3.65. The van der Waals surface area contributed by atoms with Crippen molar-refractivity contribution in [2.75, 3.05) is 0 Å². The number of carbonyl (C=O) groups excluding carboxylic acids is 1. The molecule has 0 bridgehead atoms. The molecule has 6 heteroatoms. The van der Waals surface area contributed by atoms with Gasteiger partial charge < -0.3 is 10.2 Å². The van der Waals surface area contributed by atoms with Crippen LogP contribution in [0.5, 0.6) is 11.5 Å². The summed E-state index contributed by atoms with van der Waals surface area (Å²) in [4.78, 5) is 12.4. The van der Waals surface area contributed by atoms with Crippen LogP contribution in [0.25, 0.3) is 6.08 Å². The Morgan fingerprint density at radius 3 is 2.29 bits per heavy atom. The molecule has 0 spiro atoms. The zero-order valence-electron chi connectivity index (χ0n) is 14.8. The molecular weight excluding hydrogens is 376 g/mol. The first kappa shape index (κ1) is 19.4. The lowest BCUT2D eigenvalue weighted by molar-refractivity contribution is 0.104. The molecule has 0 aliphatic rings. The Hall–Kier alpha value is -3.38. The molecule has 0 atom stereocenters. The molecule has 0 aromatic heterocycles. The quantitative estimate of drug-likeness (QED) is 0.488. The van der Waals surface area contributed by atoms with Gasteiger partial charge >= 0.3 is 0 Å². The van der Waals surface area contributed by atoms with Crippen molar-refractivity contribution < 1.29 is 23.4 Å².